The quantitative estimate of drug-likeness (QED) is 0.715. The van der Waals surface area contributed by atoms with Crippen LogP contribution in [0, 0.1) is 17.8 Å². The first-order valence-electron chi connectivity index (χ1n) is 6.47. The van der Waals surface area contributed by atoms with Gasteiger partial charge in [0, 0.05) is 5.92 Å². The van der Waals surface area contributed by atoms with Gasteiger partial charge in [0.15, 0.2) is 5.79 Å². The van der Waals surface area contributed by atoms with Gasteiger partial charge in [-0.1, -0.05) is 26.7 Å². The molecular weight excluding hydrogens is 188 g/mol. The first-order valence-corrected chi connectivity index (χ1v) is 6.47. The minimum Gasteiger partial charge on any atom is -0.348 e. The van der Waals surface area contributed by atoms with E-state index in [0.717, 1.165) is 25.0 Å². The summed E-state index contributed by atoms with van der Waals surface area (Å²) >= 11 is 0. The van der Waals surface area contributed by atoms with Gasteiger partial charge < -0.3 is 9.47 Å². The second-order valence-corrected chi connectivity index (χ2v) is 5.23. The van der Waals surface area contributed by atoms with E-state index in [9.17, 15) is 0 Å². The number of rotatable bonds is 3. The van der Waals surface area contributed by atoms with Gasteiger partial charge in [0.2, 0.25) is 0 Å². The van der Waals surface area contributed by atoms with Crippen LogP contribution < -0.4 is 0 Å². The Labute approximate surface area is 93.3 Å². The second-order valence-electron chi connectivity index (χ2n) is 5.23. The van der Waals surface area contributed by atoms with Crippen LogP contribution in [0.1, 0.15) is 46.5 Å². The average molecular weight is 212 g/mol. The molecular formula is C13H24O2. The lowest BCUT2D eigenvalue weighted by Crippen LogP contribution is -2.37. The van der Waals surface area contributed by atoms with E-state index in [2.05, 4.69) is 20.8 Å². The predicted molar refractivity (Wildman–Crippen MR) is 60.6 cm³/mol. The molecule has 88 valence electrons. The van der Waals surface area contributed by atoms with E-state index in [1.165, 1.54) is 25.7 Å². The maximum Gasteiger partial charge on any atom is 0.168 e. The summed E-state index contributed by atoms with van der Waals surface area (Å²) in [5.74, 6) is 2.04. The van der Waals surface area contributed by atoms with Crippen molar-refractivity contribution in [3.63, 3.8) is 0 Å². The van der Waals surface area contributed by atoms with E-state index in [0.29, 0.717) is 5.92 Å². The van der Waals surface area contributed by atoms with Crippen LogP contribution in [0.15, 0.2) is 0 Å². The molecule has 1 saturated heterocycles. The first kappa shape index (κ1) is 11.4. The topological polar surface area (TPSA) is 18.5 Å². The molecule has 0 amide bonds. The fraction of sp³-hybridized carbons (Fsp3) is 1.00. The van der Waals surface area contributed by atoms with Crippen molar-refractivity contribution in [2.75, 3.05) is 13.2 Å². The molecule has 0 N–H and O–H groups in total. The molecule has 1 saturated carbocycles. The lowest BCUT2D eigenvalue weighted by molar-refractivity contribution is -0.189. The highest BCUT2D eigenvalue weighted by Gasteiger charge is 2.47. The zero-order valence-electron chi connectivity index (χ0n) is 10.3. The maximum absolute atomic E-state index is 5.83. The van der Waals surface area contributed by atoms with Crippen molar-refractivity contribution in [2.24, 2.45) is 17.8 Å². The Kier molecular flexibility index (Phi) is 3.36. The molecule has 0 aromatic heterocycles. The predicted octanol–water partition coefficient (Wildman–Crippen LogP) is 3.21. The standard InChI is InChI=1S/C13H24O2/c1-4-10-8-11(5-2)12(9-10)13(3)14-6-7-15-13/h10-12H,4-9H2,1-3H3. The van der Waals surface area contributed by atoms with Crippen LogP contribution >= 0.6 is 0 Å². The lowest BCUT2D eigenvalue weighted by atomic mass is 9.87. The van der Waals surface area contributed by atoms with Gasteiger partial charge in [0.25, 0.3) is 0 Å². The summed E-state index contributed by atoms with van der Waals surface area (Å²) in [4.78, 5) is 0. The lowest BCUT2D eigenvalue weighted by Gasteiger charge is -2.33. The van der Waals surface area contributed by atoms with Crippen molar-refractivity contribution in [1.82, 2.24) is 0 Å². The maximum atomic E-state index is 5.83. The highest BCUT2D eigenvalue weighted by atomic mass is 16.7. The molecule has 1 heterocycles. The Morgan fingerprint density at radius 1 is 1.07 bits per heavy atom. The van der Waals surface area contributed by atoms with Crippen LogP contribution in [-0.2, 0) is 9.47 Å². The minimum absolute atomic E-state index is 0.273. The van der Waals surface area contributed by atoms with Crippen molar-refractivity contribution in [2.45, 2.75) is 52.2 Å². The van der Waals surface area contributed by atoms with Gasteiger partial charge in [0.1, 0.15) is 0 Å². The van der Waals surface area contributed by atoms with Gasteiger partial charge in [0.05, 0.1) is 13.2 Å². The van der Waals surface area contributed by atoms with Crippen LogP contribution in [0.3, 0.4) is 0 Å². The molecule has 15 heavy (non-hydrogen) atoms. The Hall–Kier alpha value is -0.0800. The summed E-state index contributed by atoms with van der Waals surface area (Å²) < 4.78 is 11.7. The molecule has 2 rings (SSSR count). The van der Waals surface area contributed by atoms with E-state index in [4.69, 9.17) is 9.47 Å². The zero-order chi connectivity index (χ0) is 10.9. The van der Waals surface area contributed by atoms with Crippen molar-refractivity contribution in [3.8, 4) is 0 Å². The van der Waals surface area contributed by atoms with Crippen LogP contribution in [0.2, 0.25) is 0 Å². The van der Waals surface area contributed by atoms with E-state index >= 15 is 0 Å². The summed E-state index contributed by atoms with van der Waals surface area (Å²) in [7, 11) is 0. The van der Waals surface area contributed by atoms with Crippen molar-refractivity contribution in [1.29, 1.82) is 0 Å². The minimum atomic E-state index is -0.273. The monoisotopic (exact) mass is 212 g/mol. The molecule has 0 radical (unpaired) electrons. The van der Waals surface area contributed by atoms with E-state index < -0.39 is 0 Å². The van der Waals surface area contributed by atoms with Gasteiger partial charge in [-0.25, -0.2) is 0 Å². The molecule has 3 atom stereocenters. The molecule has 3 unspecified atom stereocenters. The molecule has 0 spiro atoms. The Morgan fingerprint density at radius 3 is 2.27 bits per heavy atom. The molecule has 0 aromatic carbocycles. The van der Waals surface area contributed by atoms with Crippen LogP contribution in [0.4, 0.5) is 0 Å². The molecule has 0 bridgehead atoms. The first-order chi connectivity index (χ1) is 7.19. The van der Waals surface area contributed by atoms with E-state index in [1.807, 2.05) is 0 Å². The summed E-state index contributed by atoms with van der Waals surface area (Å²) in [5.41, 5.74) is 0. The van der Waals surface area contributed by atoms with Crippen molar-refractivity contribution in [3.05, 3.63) is 0 Å². The van der Waals surface area contributed by atoms with Gasteiger partial charge in [-0.15, -0.1) is 0 Å². The summed E-state index contributed by atoms with van der Waals surface area (Å²) in [6.45, 7) is 8.30. The Bertz CT molecular complexity index is 209. The highest BCUT2D eigenvalue weighted by molar-refractivity contribution is 4.91. The summed E-state index contributed by atoms with van der Waals surface area (Å²) in [5, 5.41) is 0. The number of hydrogen-bond acceptors (Lipinski definition) is 2. The van der Waals surface area contributed by atoms with Gasteiger partial charge in [-0.2, -0.15) is 0 Å². The van der Waals surface area contributed by atoms with Gasteiger partial charge >= 0.3 is 0 Å². The third-order valence-electron chi connectivity index (χ3n) is 4.43. The summed E-state index contributed by atoms with van der Waals surface area (Å²) in [6.07, 6.45) is 5.25. The third kappa shape index (κ3) is 2.07. The highest BCUT2D eigenvalue weighted by Crippen LogP contribution is 2.47. The molecule has 2 nitrogen and oxygen atoms in total. The molecule has 2 fully saturated rings. The molecule has 0 aromatic rings. The third-order valence-corrected chi connectivity index (χ3v) is 4.43. The normalized spacial score (nSPS) is 39.8. The zero-order valence-corrected chi connectivity index (χ0v) is 10.3. The van der Waals surface area contributed by atoms with Crippen LogP contribution in [0.25, 0.3) is 0 Å². The smallest absolute Gasteiger partial charge is 0.168 e. The van der Waals surface area contributed by atoms with Crippen molar-refractivity contribution >= 4 is 0 Å². The molecule has 2 aliphatic rings. The Morgan fingerprint density at radius 2 is 1.73 bits per heavy atom. The van der Waals surface area contributed by atoms with E-state index in [1.54, 1.807) is 0 Å². The van der Waals surface area contributed by atoms with Crippen LogP contribution in [0.5, 0.6) is 0 Å². The van der Waals surface area contributed by atoms with Crippen molar-refractivity contribution < 1.29 is 9.47 Å². The number of hydrogen-bond donors (Lipinski definition) is 0. The van der Waals surface area contributed by atoms with Crippen LogP contribution in [-0.4, -0.2) is 19.0 Å². The summed E-state index contributed by atoms with van der Waals surface area (Å²) in [6, 6.07) is 0. The average Bonchev–Trinajstić information content (AvgIpc) is 2.84. The van der Waals surface area contributed by atoms with E-state index in [-0.39, 0.29) is 5.79 Å². The Balaban J connectivity index is 2.06. The molecule has 1 aliphatic carbocycles. The SMILES string of the molecule is CCC1CC(CC)C(C2(C)OCCO2)C1. The molecule has 2 heteroatoms. The van der Waals surface area contributed by atoms with Gasteiger partial charge in [-0.3, -0.25) is 0 Å². The largest absolute Gasteiger partial charge is 0.348 e. The fourth-order valence-corrected chi connectivity index (χ4v) is 3.41. The second kappa shape index (κ2) is 4.42. The molecule has 1 aliphatic heterocycles. The van der Waals surface area contributed by atoms with Gasteiger partial charge in [-0.05, 0) is 31.6 Å². The number of ether oxygens (including phenoxy) is 2. The fourth-order valence-electron chi connectivity index (χ4n) is 3.41.